The van der Waals surface area contributed by atoms with E-state index >= 15 is 0 Å². The van der Waals surface area contributed by atoms with Crippen LogP contribution < -0.4 is 10.1 Å². The van der Waals surface area contributed by atoms with Crippen molar-refractivity contribution in [3.63, 3.8) is 0 Å². The first-order chi connectivity index (χ1) is 9.19. The van der Waals surface area contributed by atoms with E-state index in [-0.39, 0.29) is 5.91 Å². The Morgan fingerprint density at radius 2 is 2.32 bits per heavy atom. The minimum absolute atomic E-state index is 0.185. The van der Waals surface area contributed by atoms with Gasteiger partial charge in [-0.2, -0.15) is 5.26 Å². The number of hydrogen-bond acceptors (Lipinski definition) is 4. The molecule has 1 amide bonds. The molecular formula is C13H10N4O2. The molecule has 1 aliphatic rings. The summed E-state index contributed by atoms with van der Waals surface area (Å²) in [6, 6.07) is 7.35. The van der Waals surface area contributed by atoms with E-state index in [9.17, 15) is 4.79 Å². The molecule has 1 atom stereocenters. The van der Waals surface area contributed by atoms with Crippen molar-refractivity contribution in [1.29, 1.82) is 5.26 Å². The summed E-state index contributed by atoms with van der Waals surface area (Å²) < 4.78 is 5.47. The SMILES string of the molecule is CC1Oc2ccc(-c3[nH]cnc3C#N)cc2NC1=O. The van der Waals surface area contributed by atoms with Crippen LogP contribution in [0.1, 0.15) is 12.6 Å². The lowest BCUT2D eigenvalue weighted by molar-refractivity contribution is -0.122. The molecule has 6 heteroatoms. The molecule has 6 nitrogen and oxygen atoms in total. The maximum absolute atomic E-state index is 11.6. The molecule has 1 aromatic heterocycles. The van der Waals surface area contributed by atoms with E-state index in [0.29, 0.717) is 22.8 Å². The van der Waals surface area contributed by atoms with Crippen LogP contribution in [-0.2, 0) is 4.79 Å². The first-order valence-electron chi connectivity index (χ1n) is 5.74. The van der Waals surface area contributed by atoms with Crippen LogP contribution in [-0.4, -0.2) is 22.0 Å². The predicted molar refractivity (Wildman–Crippen MR) is 67.5 cm³/mol. The number of rotatable bonds is 1. The molecule has 0 spiro atoms. The summed E-state index contributed by atoms with van der Waals surface area (Å²) >= 11 is 0. The van der Waals surface area contributed by atoms with E-state index in [1.165, 1.54) is 6.33 Å². The Bertz CT molecular complexity index is 699. The number of hydrogen-bond donors (Lipinski definition) is 2. The van der Waals surface area contributed by atoms with Crippen LogP contribution >= 0.6 is 0 Å². The minimum atomic E-state index is -0.500. The molecule has 0 radical (unpaired) electrons. The van der Waals surface area contributed by atoms with Crippen molar-refractivity contribution in [3.05, 3.63) is 30.2 Å². The van der Waals surface area contributed by atoms with Crippen molar-refractivity contribution in [3.8, 4) is 23.1 Å². The topological polar surface area (TPSA) is 90.8 Å². The zero-order chi connectivity index (χ0) is 13.4. The van der Waals surface area contributed by atoms with Crippen LogP contribution in [0.15, 0.2) is 24.5 Å². The van der Waals surface area contributed by atoms with Crippen LogP contribution in [0, 0.1) is 11.3 Å². The lowest BCUT2D eigenvalue weighted by Gasteiger charge is -2.23. The number of aromatic nitrogens is 2. The van der Waals surface area contributed by atoms with Gasteiger partial charge in [0.1, 0.15) is 11.8 Å². The first kappa shape index (κ1) is 11.3. The van der Waals surface area contributed by atoms with Crippen molar-refractivity contribution in [2.24, 2.45) is 0 Å². The van der Waals surface area contributed by atoms with E-state index in [1.54, 1.807) is 19.1 Å². The molecule has 2 heterocycles. The van der Waals surface area contributed by atoms with Gasteiger partial charge in [-0.05, 0) is 25.1 Å². The molecule has 1 aliphatic heterocycles. The van der Waals surface area contributed by atoms with Gasteiger partial charge in [0.25, 0.3) is 5.91 Å². The molecule has 2 N–H and O–H groups in total. The van der Waals surface area contributed by atoms with Gasteiger partial charge >= 0.3 is 0 Å². The molecular weight excluding hydrogens is 244 g/mol. The number of carbonyl (C=O) groups is 1. The van der Waals surface area contributed by atoms with Crippen LogP contribution in [0.3, 0.4) is 0 Å². The highest BCUT2D eigenvalue weighted by atomic mass is 16.5. The Labute approximate surface area is 109 Å². The number of nitrogens with one attached hydrogen (secondary N) is 2. The standard InChI is InChI=1S/C13H10N4O2/c1-7-13(18)17-9-4-8(2-3-11(9)19-7)12-10(5-14)15-6-16-12/h2-4,6-7H,1H3,(H,15,16)(H,17,18). The maximum atomic E-state index is 11.6. The lowest BCUT2D eigenvalue weighted by Crippen LogP contribution is -2.34. The van der Waals surface area contributed by atoms with Gasteiger partial charge in [-0.15, -0.1) is 0 Å². The highest BCUT2D eigenvalue weighted by Crippen LogP contribution is 2.33. The summed E-state index contributed by atoms with van der Waals surface area (Å²) in [6.07, 6.45) is 0.963. The second kappa shape index (κ2) is 4.14. The number of nitrogens with zero attached hydrogens (tertiary/aromatic N) is 2. The Balaban J connectivity index is 2.06. The predicted octanol–water partition coefficient (Wildman–Crippen LogP) is 1.67. The van der Waals surface area contributed by atoms with Crippen molar-refractivity contribution >= 4 is 11.6 Å². The summed E-state index contributed by atoms with van der Waals surface area (Å²) in [6.45, 7) is 1.69. The van der Waals surface area contributed by atoms with Crippen molar-refractivity contribution < 1.29 is 9.53 Å². The molecule has 3 rings (SSSR count). The molecule has 0 fully saturated rings. The number of nitriles is 1. The Morgan fingerprint density at radius 3 is 3.11 bits per heavy atom. The van der Waals surface area contributed by atoms with Gasteiger partial charge in [-0.3, -0.25) is 4.79 Å². The smallest absolute Gasteiger partial charge is 0.265 e. The number of imidazole rings is 1. The zero-order valence-electron chi connectivity index (χ0n) is 10.1. The molecule has 1 aromatic carbocycles. The van der Waals surface area contributed by atoms with E-state index in [0.717, 1.165) is 5.56 Å². The average molecular weight is 254 g/mol. The molecule has 0 saturated heterocycles. The molecule has 0 saturated carbocycles. The number of aromatic amines is 1. The van der Waals surface area contributed by atoms with Gasteiger partial charge in [0.2, 0.25) is 0 Å². The van der Waals surface area contributed by atoms with E-state index in [1.807, 2.05) is 12.1 Å². The van der Waals surface area contributed by atoms with E-state index in [2.05, 4.69) is 15.3 Å². The van der Waals surface area contributed by atoms with Crippen molar-refractivity contribution in [2.75, 3.05) is 5.32 Å². The van der Waals surface area contributed by atoms with Gasteiger partial charge < -0.3 is 15.0 Å². The third kappa shape index (κ3) is 1.81. The summed E-state index contributed by atoms with van der Waals surface area (Å²) in [5.74, 6) is 0.434. The van der Waals surface area contributed by atoms with Crippen LogP contribution in [0.4, 0.5) is 5.69 Å². The number of amides is 1. The summed E-state index contributed by atoms with van der Waals surface area (Å²) in [5.41, 5.74) is 2.31. The Morgan fingerprint density at radius 1 is 1.47 bits per heavy atom. The lowest BCUT2D eigenvalue weighted by atomic mass is 10.1. The fourth-order valence-corrected chi connectivity index (χ4v) is 1.96. The molecule has 1 unspecified atom stereocenters. The second-order valence-corrected chi connectivity index (χ2v) is 4.20. The largest absolute Gasteiger partial charge is 0.479 e. The van der Waals surface area contributed by atoms with Crippen LogP contribution in [0.25, 0.3) is 11.3 Å². The number of fused-ring (bicyclic) bond motifs is 1. The quantitative estimate of drug-likeness (QED) is 0.809. The normalized spacial score (nSPS) is 17.1. The minimum Gasteiger partial charge on any atom is -0.479 e. The number of anilines is 1. The molecule has 0 bridgehead atoms. The third-order valence-corrected chi connectivity index (χ3v) is 2.94. The maximum Gasteiger partial charge on any atom is 0.265 e. The summed E-state index contributed by atoms with van der Waals surface area (Å²) in [7, 11) is 0. The summed E-state index contributed by atoms with van der Waals surface area (Å²) in [4.78, 5) is 18.4. The van der Waals surface area contributed by atoms with Crippen LogP contribution in [0.2, 0.25) is 0 Å². The molecule has 0 aliphatic carbocycles. The van der Waals surface area contributed by atoms with Gasteiger partial charge in [0.15, 0.2) is 11.8 Å². The van der Waals surface area contributed by atoms with Gasteiger partial charge in [-0.1, -0.05) is 0 Å². The number of ether oxygens (including phenoxy) is 1. The van der Waals surface area contributed by atoms with Gasteiger partial charge in [0, 0.05) is 5.56 Å². The zero-order valence-corrected chi connectivity index (χ0v) is 10.1. The summed E-state index contributed by atoms with van der Waals surface area (Å²) in [5, 5.41) is 11.7. The number of carbonyl (C=O) groups excluding carboxylic acids is 1. The fourth-order valence-electron chi connectivity index (χ4n) is 1.96. The first-order valence-corrected chi connectivity index (χ1v) is 5.74. The van der Waals surface area contributed by atoms with E-state index < -0.39 is 6.10 Å². The number of H-pyrrole nitrogens is 1. The fraction of sp³-hybridized carbons (Fsp3) is 0.154. The molecule has 2 aromatic rings. The Hall–Kier alpha value is -2.81. The highest BCUT2D eigenvalue weighted by molar-refractivity contribution is 5.98. The molecule has 94 valence electrons. The Kier molecular flexibility index (Phi) is 2.46. The van der Waals surface area contributed by atoms with E-state index in [4.69, 9.17) is 10.00 Å². The monoisotopic (exact) mass is 254 g/mol. The van der Waals surface area contributed by atoms with Gasteiger partial charge in [-0.25, -0.2) is 4.98 Å². The van der Waals surface area contributed by atoms with Gasteiger partial charge in [0.05, 0.1) is 17.7 Å². The van der Waals surface area contributed by atoms with Crippen LogP contribution in [0.5, 0.6) is 5.75 Å². The highest BCUT2D eigenvalue weighted by Gasteiger charge is 2.24. The van der Waals surface area contributed by atoms with Crippen molar-refractivity contribution in [2.45, 2.75) is 13.0 Å². The second-order valence-electron chi connectivity index (χ2n) is 4.20. The van der Waals surface area contributed by atoms with Crippen molar-refractivity contribution in [1.82, 2.24) is 9.97 Å². The number of benzene rings is 1. The average Bonchev–Trinajstić information content (AvgIpc) is 2.88. The molecule has 19 heavy (non-hydrogen) atoms. The third-order valence-electron chi connectivity index (χ3n) is 2.94.